The summed E-state index contributed by atoms with van der Waals surface area (Å²) in [5.74, 6) is 1.04. The maximum atomic E-state index is 4.32. The second kappa shape index (κ2) is 4.80. The molecule has 0 aliphatic carbocycles. The third kappa shape index (κ3) is 2.34. The largest absolute Gasteiger partial charge is 0.357 e. The fourth-order valence-corrected chi connectivity index (χ4v) is 1.32. The van der Waals surface area contributed by atoms with Gasteiger partial charge in [-0.3, -0.25) is 4.99 Å². The lowest BCUT2D eigenvalue weighted by Crippen LogP contribution is -2.33. The van der Waals surface area contributed by atoms with Gasteiger partial charge in [0.2, 0.25) is 0 Å². The molecule has 14 heavy (non-hydrogen) atoms. The van der Waals surface area contributed by atoms with Crippen molar-refractivity contribution < 1.29 is 0 Å². The summed E-state index contributed by atoms with van der Waals surface area (Å²) in [4.78, 5) is 6.50. The van der Waals surface area contributed by atoms with Gasteiger partial charge < -0.3 is 4.90 Å². The highest BCUT2D eigenvalue weighted by Crippen LogP contribution is 2.06. The average Bonchev–Trinajstić information content (AvgIpc) is 2.20. The molecule has 76 valence electrons. The van der Waals surface area contributed by atoms with Crippen LogP contribution in [0.2, 0.25) is 0 Å². The minimum atomic E-state index is 0.467. The van der Waals surface area contributed by atoms with Crippen molar-refractivity contribution in [3.63, 3.8) is 0 Å². The van der Waals surface area contributed by atoms with Crippen LogP contribution in [0, 0.1) is 0 Å². The number of nitrogens with zero attached hydrogens (tertiary/aromatic N) is 2. The van der Waals surface area contributed by atoms with Crippen molar-refractivity contribution in [3.8, 4) is 0 Å². The van der Waals surface area contributed by atoms with E-state index in [9.17, 15) is 0 Å². The molecular formula is C12H18N2. The number of amidine groups is 1. The van der Waals surface area contributed by atoms with Crippen LogP contribution in [0.3, 0.4) is 0 Å². The van der Waals surface area contributed by atoms with Gasteiger partial charge in [0.1, 0.15) is 5.84 Å². The number of hydrogen-bond acceptors (Lipinski definition) is 1. The van der Waals surface area contributed by atoms with Crippen LogP contribution < -0.4 is 0 Å². The van der Waals surface area contributed by atoms with Crippen molar-refractivity contribution in [2.24, 2.45) is 4.99 Å². The average molecular weight is 190 g/mol. The van der Waals surface area contributed by atoms with Crippen molar-refractivity contribution in [3.05, 3.63) is 35.9 Å². The van der Waals surface area contributed by atoms with Gasteiger partial charge in [-0.2, -0.15) is 0 Å². The molecule has 0 aliphatic rings. The zero-order valence-electron chi connectivity index (χ0n) is 9.36. The number of aliphatic imine (C=N–C) groups is 1. The van der Waals surface area contributed by atoms with Crippen molar-refractivity contribution in [1.82, 2.24) is 4.90 Å². The monoisotopic (exact) mass is 190 g/mol. The maximum absolute atomic E-state index is 4.32. The van der Waals surface area contributed by atoms with Crippen molar-refractivity contribution in [2.45, 2.75) is 19.9 Å². The molecule has 1 aromatic rings. The van der Waals surface area contributed by atoms with Crippen LogP contribution >= 0.6 is 0 Å². The van der Waals surface area contributed by atoms with E-state index >= 15 is 0 Å². The maximum Gasteiger partial charge on any atom is 0.130 e. The minimum Gasteiger partial charge on any atom is -0.357 e. The van der Waals surface area contributed by atoms with E-state index in [4.69, 9.17) is 0 Å². The van der Waals surface area contributed by atoms with E-state index < -0.39 is 0 Å². The molecule has 0 aliphatic heterocycles. The van der Waals surface area contributed by atoms with Crippen LogP contribution in [0.15, 0.2) is 35.3 Å². The molecule has 0 aromatic heterocycles. The van der Waals surface area contributed by atoms with Crippen LogP contribution in [0.5, 0.6) is 0 Å². The van der Waals surface area contributed by atoms with Gasteiger partial charge in [0, 0.05) is 25.7 Å². The molecule has 2 nitrogen and oxygen atoms in total. The Morgan fingerprint density at radius 2 is 1.79 bits per heavy atom. The van der Waals surface area contributed by atoms with Crippen LogP contribution in [-0.2, 0) is 0 Å². The summed E-state index contributed by atoms with van der Waals surface area (Å²) in [5.41, 5.74) is 1.17. The molecule has 0 heterocycles. The predicted octanol–water partition coefficient (Wildman–Crippen LogP) is 2.40. The van der Waals surface area contributed by atoms with Gasteiger partial charge in [-0.25, -0.2) is 0 Å². The molecule has 1 rings (SSSR count). The van der Waals surface area contributed by atoms with E-state index in [0.717, 1.165) is 5.84 Å². The van der Waals surface area contributed by atoms with Crippen LogP contribution in [-0.4, -0.2) is 30.9 Å². The molecule has 0 fully saturated rings. The molecule has 0 N–H and O–H groups in total. The lowest BCUT2D eigenvalue weighted by atomic mass is 10.2. The van der Waals surface area contributed by atoms with E-state index in [0.29, 0.717) is 6.04 Å². The molecule has 0 bridgehead atoms. The van der Waals surface area contributed by atoms with Crippen molar-refractivity contribution in [1.29, 1.82) is 0 Å². The second-order valence-corrected chi connectivity index (χ2v) is 3.62. The van der Waals surface area contributed by atoms with E-state index in [-0.39, 0.29) is 0 Å². The van der Waals surface area contributed by atoms with Crippen LogP contribution in [0.25, 0.3) is 0 Å². The first-order valence-corrected chi connectivity index (χ1v) is 4.92. The first-order valence-electron chi connectivity index (χ1n) is 4.92. The van der Waals surface area contributed by atoms with Gasteiger partial charge in [0.25, 0.3) is 0 Å². The Hall–Kier alpha value is -1.31. The molecule has 0 atom stereocenters. The first kappa shape index (κ1) is 10.8. The second-order valence-electron chi connectivity index (χ2n) is 3.62. The molecule has 0 spiro atoms. The molecule has 0 radical (unpaired) electrons. The van der Waals surface area contributed by atoms with Crippen molar-refractivity contribution >= 4 is 5.84 Å². The third-order valence-electron chi connectivity index (χ3n) is 2.35. The quantitative estimate of drug-likeness (QED) is 0.516. The number of hydrogen-bond donors (Lipinski definition) is 0. The standard InChI is InChI=1S/C12H18N2/c1-10(2)14(4)12(13-3)11-8-6-5-7-9-11/h5-10H,1-4H3. The normalized spacial score (nSPS) is 11.9. The zero-order valence-corrected chi connectivity index (χ0v) is 9.36. The zero-order chi connectivity index (χ0) is 10.6. The Morgan fingerprint density at radius 1 is 1.21 bits per heavy atom. The molecule has 0 amide bonds. The van der Waals surface area contributed by atoms with E-state index in [2.05, 4.69) is 42.9 Å². The highest BCUT2D eigenvalue weighted by Gasteiger charge is 2.10. The fourth-order valence-electron chi connectivity index (χ4n) is 1.32. The molecule has 0 unspecified atom stereocenters. The molecular weight excluding hydrogens is 172 g/mol. The van der Waals surface area contributed by atoms with E-state index in [1.807, 2.05) is 25.2 Å². The summed E-state index contributed by atoms with van der Waals surface area (Å²) in [6, 6.07) is 10.7. The lowest BCUT2D eigenvalue weighted by molar-refractivity contribution is 0.417. The summed E-state index contributed by atoms with van der Waals surface area (Å²) in [5, 5.41) is 0. The van der Waals surface area contributed by atoms with Crippen LogP contribution in [0.4, 0.5) is 0 Å². The predicted molar refractivity (Wildman–Crippen MR) is 61.8 cm³/mol. The van der Waals surface area contributed by atoms with Gasteiger partial charge >= 0.3 is 0 Å². The first-order chi connectivity index (χ1) is 6.66. The Labute approximate surface area is 86.3 Å². The third-order valence-corrected chi connectivity index (χ3v) is 2.35. The van der Waals surface area contributed by atoms with Gasteiger partial charge in [-0.15, -0.1) is 0 Å². The molecule has 1 aromatic carbocycles. The Morgan fingerprint density at radius 3 is 2.21 bits per heavy atom. The minimum absolute atomic E-state index is 0.467. The topological polar surface area (TPSA) is 15.6 Å². The highest BCUT2D eigenvalue weighted by molar-refractivity contribution is 5.98. The Kier molecular flexibility index (Phi) is 3.69. The molecule has 0 saturated carbocycles. The lowest BCUT2D eigenvalue weighted by Gasteiger charge is -2.25. The van der Waals surface area contributed by atoms with Gasteiger partial charge in [-0.1, -0.05) is 30.3 Å². The smallest absolute Gasteiger partial charge is 0.130 e. The summed E-state index contributed by atoms with van der Waals surface area (Å²) in [6.07, 6.45) is 0. The molecule has 0 saturated heterocycles. The van der Waals surface area contributed by atoms with Gasteiger partial charge in [-0.05, 0) is 13.8 Å². The summed E-state index contributed by atoms with van der Waals surface area (Å²) < 4.78 is 0. The van der Waals surface area contributed by atoms with E-state index in [1.54, 1.807) is 0 Å². The van der Waals surface area contributed by atoms with Gasteiger partial charge in [0.05, 0.1) is 0 Å². The number of rotatable bonds is 2. The van der Waals surface area contributed by atoms with Gasteiger partial charge in [0.15, 0.2) is 0 Å². The molecule has 2 heteroatoms. The Balaban J connectivity index is 2.95. The summed E-state index contributed by atoms with van der Waals surface area (Å²) in [6.45, 7) is 4.32. The summed E-state index contributed by atoms with van der Waals surface area (Å²) in [7, 11) is 3.90. The fraction of sp³-hybridized carbons (Fsp3) is 0.417. The van der Waals surface area contributed by atoms with Crippen LogP contribution in [0.1, 0.15) is 19.4 Å². The highest BCUT2D eigenvalue weighted by atomic mass is 15.2. The van der Waals surface area contributed by atoms with E-state index in [1.165, 1.54) is 5.56 Å². The number of benzene rings is 1. The SMILES string of the molecule is CN=C(c1ccccc1)N(C)C(C)C. The Bertz CT molecular complexity index is 301. The van der Waals surface area contributed by atoms with Crippen molar-refractivity contribution in [2.75, 3.05) is 14.1 Å². The summed E-state index contributed by atoms with van der Waals surface area (Å²) >= 11 is 0.